The van der Waals surface area contributed by atoms with E-state index in [0.29, 0.717) is 12.0 Å². The average Bonchev–Trinajstić information content (AvgIpc) is 2.54. The van der Waals surface area contributed by atoms with Crippen LogP contribution in [0.4, 0.5) is 0 Å². The molecule has 0 spiro atoms. The summed E-state index contributed by atoms with van der Waals surface area (Å²) in [6, 6.07) is 12.9. The van der Waals surface area contributed by atoms with Crippen LogP contribution in [-0.2, 0) is 13.0 Å². The first-order valence-corrected chi connectivity index (χ1v) is 8.08. The van der Waals surface area contributed by atoms with Gasteiger partial charge in [-0.3, -0.25) is 9.97 Å². The molecule has 2 aromatic rings. The Morgan fingerprint density at radius 1 is 0.955 bits per heavy atom. The Labute approximate surface area is 132 Å². The number of pyridine rings is 2. The van der Waals surface area contributed by atoms with Crippen molar-refractivity contribution in [2.45, 2.75) is 44.3 Å². The SMILES string of the molecule is NC1CC(Cc2ccccn2)CC(NCc2ccccn2)C1. The van der Waals surface area contributed by atoms with Gasteiger partial charge in [-0.2, -0.15) is 0 Å². The van der Waals surface area contributed by atoms with Gasteiger partial charge in [0.05, 0.1) is 5.69 Å². The van der Waals surface area contributed by atoms with Crippen LogP contribution in [-0.4, -0.2) is 22.1 Å². The van der Waals surface area contributed by atoms with E-state index < -0.39 is 0 Å². The van der Waals surface area contributed by atoms with E-state index in [4.69, 9.17) is 5.73 Å². The van der Waals surface area contributed by atoms with E-state index in [1.165, 1.54) is 5.69 Å². The summed E-state index contributed by atoms with van der Waals surface area (Å²) in [5.74, 6) is 0.611. The van der Waals surface area contributed by atoms with Crippen LogP contribution < -0.4 is 11.1 Å². The summed E-state index contributed by atoms with van der Waals surface area (Å²) >= 11 is 0. The lowest BCUT2D eigenvalue weighted by atomic mass is 9.80. The third-order valence-corrected chi connectivity index (χ3v) is 4.36. The maximum atomic E-state index is 6.26. The molecule has 0 aliphatic heterocycles. The second-order valence-electron chi connectivity index (χ2n) is 6.26. The lowest BCUT2D eigenvalue weighted by Gasteiger charge is -2.33. The maximum Gasteiger partial charge on any atom is 0.0541 e. The summed E-state index contributed by atoms with van der Waals surface area (Å²) in [4.78, 5) is 8.81. The third kappa shape index (κ3) is 4.36. The molecule has 22 heavy (non-hydrogen) atoms. The molecule has 3 N–H and O–H groups in total. The predicted octanol–water partition coefficient (Wildman–Crippen LogP) is 2.30. The van der Waals surface area contributed by atoms with Crippen LogP contribution in [0.15, 0.2) is 48.8 Å². The van der Waals surface area contributed by atoms with Crippen molar-refractivity contribution in [2.24, 2.45) is 11.7 Å². The largest absolute Gasteiger partial charge is 0.328 e. The quantitative estimate of drug-likeness (QED) is 0.888. The van der Waals surface area contributed by atoms with Crippen LogP contribution in [0.25, 0.3) is 0 Å². The Balaban J connectivity index is 1.54. The smallest absolute Gasteiger partial charge is 0.0541 e. The van der Waals surface area contributed by atoms with Crippen LogP contribution in [0.1, 0.15) is 30.7 Å². The summed E-state index contributed by atoms with van der Waals surface area (Å²) in [6.07, 6.45) is 8.04. The Kier molecular flexibility index (Phi) is 5.14. The van der Waals surface area contributed by atoms with Gasteiger partial charge in [0.1, 0.15) is 0 Å². The molecule has 4 nitrogen and oxygen atoms in total. The molecule has 3 atom stereocenters. The van der Waals surface area contributed by atoms with Gasteiger partial charge < -0.3 is 11.1 Å². The number of nitrogens with one attached hydrogen (secondary N) is 1. The van der Waals surface area contributed by atoms with Crippen molar-refractivity contribution in [1.82, 2.24) is 15.3 Å². The zero-order valence-electron chi connectivity index (χ0n) is 12.9. The lowest BCUT2D eigenvalue weighted by Crippen LogP contribution is -2.43. The first kappa shape index (κ1) is 15.1. The maximum absolute atomic E-state index is 6.26. The molecular formula is C18H24N4. The van der Waals surface area contributed by atoms with Gasteiger partial charge in [0.2, 0.25) is 0 Å². The summed E-state index contributed by atoms with van der Waals surface area (Å²) in [7, 11) is 0. The fraction of sp³-hybridized carbons (Fsp3) is 0.444. The van der Waals surface area contributed by atoms with E-state index in [9.17, 15) is 0 Å². The van der Waals surface area contributed by atoms with Gasteiger partial charge in [-0.15, -0.1) is 0 Å². The van der Waals surface area contributed by atoms with Crippen LogP contribution in [0.2, 0.25) is 0 Å². The summed E-state index contributed by atoms with van der Waals surface area (Å²) < 4.78 is 0. The van der Waals surface area contributed by atoms with Gasteiger partial charge in [0.25, 0.3) is 0 Å². The summed E-state index contributed by atoms with van der Waals surface area (Å²) in [5.41, 5.74) is 8.52. The molecule has 1 fully saturated rings. The van der Waals surface area contributed by atoms with Crippen molar-refractivity contribution in [3.8, 4) is 0 Å². The van der Waals surface area contributed by atoms with Crippen molar-refractivity contribution < 1.29 is 0 Å². The second kappa shape index (κ2) is 7.47. The van der Waals surface area contributed by atoms with Gasteiger partial charge in [-0.25, -0.2) is 0 Å². The van der Waals surface area contributed by atoms with Crippen molar-refractivity contribution in [3.63, 3.8) is 0 Å². The molecule has 0 aromatic carbocycles. The molecule has 4 heteroatoms. The molecule has 2 aromatic heterocycles. The number of nitrogens with two attached hydrogens (primary N) is 1. The first-order chi connectivity index (χ1) is 10.8. The predicted molar refractivity (Wildman–Crippen MR) is 88.1 cm³/mol. The normalized spacial score (nSPS) is 25.0. The standard InChI is InChI=1S/C18H24N4/c19-15-9-14(10-16-5-1-3-7-20-16)11-18(12-15)22-13-17-6-2-4-8-21-17/h1-8,14-15,18,22H,9-13,19H2. The van der Waals surface area contributed by atoms with Crippen molar-refractivity contribution >= 4 is 0 Å². The zero-order valence-corrected chi connectivity index (χ0v) is 12.9. The van der Waals surface area contributed by atoms with Gasteiger partial charge in [-0.1, -0.05) is 12.1 Å². The van der Waals surface area contributed by atoms with Crippen LogP contribution in [0.3, 0.4) is 0 Å². The second-order valence-corrected chi connectivity index (χ2v) is 6.26. The van der Waals surface area contributed by atoms with E-state index in [-0.39, 0.29) is 6.04 Å². The van der Waals surface area contributed by atoms with E-state index in [1.54, 1.807) is 0 Å². The molecule has 2 heterocycles. The lowest BCUT2D eigenvalue weighted by molar-refractivity contribution is 0.254. The van der Waals surface area contributed by atoms with Gasteiger partial charge >= 0.3 is 0 Å². The zero-order chi connectivity index (χ0) is 15.2. The molecule has 0 bridgehead atoms. The Morgan fingerprint density at radius 3 is 2.36 bits per heavy atom. The minimum atomic E-state index is 0.281. The van der Waals surface area contributed by atoms with Crippen molar-refractivity contribution in [3.05, 3.63) is 60.2 Å². The minimum Gasteiger partial charge on any atom is -0.328 e. The third-order valence-electron chi connectivity index (χ3n) is 4.36. The fourth-order valence-electron chi connectivity index (χ4n) is 3.38. The highest BCUT2D eigenvalue weighted by Crippen LogP contribution is 2.26. The van der Waals surface area contributed by atoms with Gasteiger partial charge in [0, 0.05) is 36.7 Å². The fourth-order valence-corrected chi connectivity index (χ4v) is 3.38. The van der Waals surface area contributed by atoms with Crippen molar-refractivity contribution in [2.75, 3.05) is 0 Å². The van der Waals surface area contributed by atoms with Gasteiger partial charge in [-0.05, 0) is 55.9 Å². The molecule has 0 saturated heterocycles. The first-order valence-electron chi connectivity index (χ1n) is 8.08. The molecule has 0 radical (unpaired) electrons. The summed E-state index contributed by atoms with van der Waals surface area (Å²) in [6.45, 7) is 0.814. The van der Waals surface area contributed by atoms with E-state index >= 15 is 0 Å². The van der Waals surface area contributed by atoms with Crippen LogP contribution in [0, 0.1) is 5.92 Å². The van der Waals surface area contributed by atoms with E-state index in [0.717, 1.165) is 37.9 Å². The van der Waals surface area contributed by atoms with Crippen molar-refractivity contribution in [1.29, 1.82) is 0 Å². The summed E-state index contributed by atoms with van der Waals surface area (Å²) in [5, 5.41) is 3.62. The highest BCUT2D eigenvalue weighted by Gasteiger charge is 2.27. The highest BCUT2D eigenvalue weighted by molar-refractivity contribution is 5.06. The highest BCUT2D eigenvalue weighted by atomic mass is 14.9. The van der Waals surface area contributed by atoms with Crippen LogP contribution >= 0.6 is 0 Å². The number of hydrogen-bond acceptors (Lipinski definition) is 4. The van der Waals surface area contributed by atoms with Gasteiger partial charge in [0.15, 0.2) is 0 Å². The number of hydrogen-bond donors (Lipinski definition) is 2. The molecular weight excluding hydrogens is 272 g/mol. The molecule has 0 amide bonds. The Bertz CT molecular complexity index is 558. The average molecular weight is 296 g/mol. The van der Waals surface area contributed by atoms with Crippen LogP contribution in [0.5, 0.6) is 0 Å². The minimum absolute atomic E-state index is 0.281. The topological polar surface area (TPSA) is 63.8 Å². The molecule has 1 aliphatic rings. The molecule has 3 rings (SSSR count). The number of rotatable bonds is 5. The van der Waals surface area contributed by atoms with E-state index in [1.807, 2.05) is 30.6 Å². The molecule has 116 valence electrons. The molecule has 3 unspecified atom stereocenters. The number of nitrogens with zero attached hydrogens (tertiary/aromatic N) is 2. The number of aromatic nitrogens is 2. The Morgan fingerprint density at radius 2 is 1.68 bits per heavy atom. The molecule has 1 saturated carbocycles. The monoisotopic (exact) mass is 296 g/mol. The Hall–Kier alpha value is -1.78. The molecule has 1 aliphatic carbocycles. The van der Waals surface area contributed by atoms with E-state index in [2.05, 4.69) is 33.5 Å².